The van der Waals surface area contributed by atoms with E-state index in [4.69, 9.17) is 5.41 Å². The first-order chi connectivity index (χ1) is 9.75. The van der Waals surface area contributed by atoms with Gasteiger partial charge >= 0.3 is 0 Å². The van der Waals surface area contributed by atoms with Crippen molar-refractivity contribution >= 4 is 17.5 Å². The van der Waals surface area contributed by atoms with Crippen LogP contribution in [0.25, 0.3) is 6.08 Å². The van der Waals surface area contributed by atoms with Crippen LogP contribution in [0, 0.1) is 5.41 Å². The van der Waals surface area contributed by atoms with Crippen molar-refractivity contribution in [1.29, 1.82) is 5.41 Å². The summed E-state index contributed by atoms with van der Waals surface area (Å²) >= 11 is 0. The first kappa shape index (κ1) is 12.1. The third-order valence-electron chi connectivity index (χ3n) is 2.97. The van der Waals surface area contributed by atoms with Gasteiger partial charge in [-0.1, -0.05) is 36.4 Å². The summed E-state index contributed by atoms with van der Waals surface area (Å²) in [6, 6.07) is 12.8. The second-order valence-electron chi connectivity index (χ2n) is 4.29. The van der Waals surface area contributed by atoms with Crippen LogP contribution in [-0.2, 0) is 0 Å². The van der Waals surface area contributed by atoms with Crippen molar-refractivity contribution in [3.05, 3.63) is 71.4 Å². The number of hydrogen-bond donors (Lipinski definition) is 2. The molecule has 0 radical (unpaired) electrons. The highest BCUT2D eigenvalue weighted by atomic mass is 16.5. The summed E-state index contributed by atoms with van der Waals surface area (Å²) in [5.74, 6) is 0. The average molecular weight is 264 g/mol. The molecule has 0 aliphatic heterocycles. The molecule has 0 spiro atoms. The van der Waals surface area contributed by atoms with Gasteiger partial charge in [0.2, 0.25) is 0 Å². The molecule has 3 rings (SSSR count). The van der Waals surface area contributed by atoms with Gasteiger partial charge in [0, 0.05) is 11.8 Å². The lowest BCUT2D eigenvalue weighted by atomic mass is 9.94. The SMILES string of the molecule is N=C1C=Cc2ccccc2C1=NN=c1ccccn1O. The van der Waals surface area contributed by atoms with Crippen molar-refractivity contribution in [3.63, 3.8) is 0 Å². The molecule has 0 saturated carbocycles. The highest BCUT2D eigenvalue weighted by Gasteiger charge is 2.15. The first-order valence-corrected chi connectivity index (χ1v) is 6.11. The smallest absolute Gasteiger partial charge is 0.189 e. The first-order valence-electron chi connectivity index (χ1n) is 6.11. The lowest BCUT2D eigenvalue weighted by Crippen LogP contribution is -2.19. The van der Waals surface area contributed by atoms with E-state index in [1.165, 1.54) is 6.20 Å². The Labute approximate surface area is 115 Å². The molecule has 0 atom stereocenters. The van der Waals surface area contributed by atoms with E-state index < -0.39 is 0 Å². The van der Waals surface area contributed by atoms with Crippen molar-refractivity contribution < 1.29 is 5.21 Å². The van der Waals surface area contributed by atoms with Crippen LogP contribution in [0.15, 0.2) is 64.9 Å². The maximum absolute atomic E-state index is 9.59. The summed E-state index contributed by atoms with van der Waals surface area (Å²) in [5.41, 5.74) is 2.96. The normalized spacial score (nSPS) is 16.5. The Balaban J connectivity index is 2.13. The Bertz CT molecular complexity index is 799. The van der Waals surface area contributed by atoms with Gasteiger partial charge in [-0.05, 0) is 23.8 Å². The fraction of sp³-hybridized carbons (Fsp3) is 0. The van der Waals surface area contributed by atoms with Crippen LogP contribution in [0.1, 0.15) is 11.1 Å². The zero-order chi connectivity index (χ0) is 13.9. The van der Waals surface area contributed by atoms with Gasteiger partial charge < -0.3 is 5.21 Å². The summed E-state index contributed by atoms with van der Waals surface area (Å²) in [4.78, 5) is 0. The third kappa shape index (κ3) is 2.16. The minimum Gasteiger partial charge on any atom is -0.427 e. The summed E-state index contributed by atoms with van der Waals surface area (Å²) in [7, 11) is 0. The number of nitrogens with one attached hydrogen (secondary N) is 1. The zero-order valence-corrected chi connectivity index (χ0v) is 10.6. The van der Waals surface area contributed by atoms with E-state index in [0.717, 1.165) is 15.9 Å². The van der Waals surface area contributed by atoms with Crippen LogP contribution >= 0.6 is 0 Å². The van der Waals surface area contributed by atoms with Gasteiger partial charge in [-0.2, -0.15) is 4.73 Å². The predicted octanol–water partition coefficient (Wildman–Crippen LogP) is 2.08. The maximum atomic E-state index is 9.59. The van der Waals surface area contributed by atoms with Gasteiger partial charge in [0.25, 0.3) is 0 Å². The molecule has 1 aliphatic carbocycles. The number of pyridine rings is 1. The largest absolute Gasteiger partial charge is 0.427 e. The molecule has 0 amide bonds. The van der Waals surface area contributed by atoms with Gasteiger partial charge in [0.05, 0.1) is 5.71 Å². The molecule has 1 aliphatic rings. The second kappa shape index (κ2) is 4.97. The molecule has 0 fully saturated rings. The van der Waals surface area contributed by atoms with Crippen LogP contribution in [0.3, 0.4) is 0 Å². The Kier molecular flexibility index (Phi) is 3.01. The van der Waals surface area contributed by atoms with Crippen molar-refractivity contribution in [3.8, 4) is 0 Å². The number of nitrogens with zero attached hydrogens (tertiary/aromatic N) is 3. The Morgan fingerprint density at radius 2 is 1.75 bits per heavy atom. The monoisotopic (exact) mass is 264 g/mol. The molecule has 0 unspecified atom stereocenters. The van der Waals surface area contributed by atoms with E-state index in [1.54, 1.807) is 24.3 Å². The van der Waals surface area contributed by atoms with E-state index in [9.17, 15) is 5.21 Å². The topological polar surface area (TPSA) is 73.7 Å². The van der Waals surface area contributed by atoms with Crippen LogP contribution in [-0.4, -0.2) is 21.4 Å². The number of benzene rings is 1. The maximum Gasteiger partial charge on any atom is 0.189 e. The Morgan fingerprint density at radius 1 is 0.950 bits per heavy atom. The molecule has 2 N–H and O–H groups in total. The minimum absolute atomic E-state index is 0.299. The number of hydrogen-bond acceptors (Lipinski definition) is 4. The summed E-state index contributed by atoms with van der Waals surface area (Å²) in [6.45, 7) is 0. The number of rotatable bonds is 1. The highest BCUT2D eigenvalue weighted by Crippen LogP contribution is 2.17. The van der Waals surface area contributed by atoms with E-state index in [-0.39, 0.29) is 0 Å². The van der Waals surface area contributed by atoms with E-state index in [2.05, 4.69) is 10.2 Å². The van der Waals surface area contributed by atoms with Crippen LogP contribution in [0.5, 0.6) is 0 Å². The van der Waals surface area contributed by atoms with E-state index in [0.29, 0.717) is 16.9 Å². The Hall–Kier alpha value is -2.95. The molecular weight excluding hydrogens is 252 g/mol. The number of allylic oxidation sites excluding steroid dienone is 1. The average Bonchev–Trinajstić information content (AvgIpc) is 2.48. The molecule has 2 aromatic rings. The molecule has 1 aromatic carbocycles. The lowest BCUT2D eigenvalue weighted by Gasteiger charge is -2.12. The molecule has 5 heteroatoms. The van der Waals surface area contributed by atoms with Gasteiger partial charge in [-0.25, -0.2) is 0 Å². The summed E-state index contributed by atoms with van der Waals surface area (Å²) < 4.78 is 0.887. The lowest BCUT2D eigenvalue weighted by molar-refractivity contribution is 0.171. The van der Waals surface area contributed by atoms with E-state index >= 15 is 0 Å². The van der Waals surface area contributed by atoms with Crippen molar-refractivity contribution in [2.24, 2.45) is 10.2 Å². The van der Waals surface area contributed by atoms with Crippen molar-refractivity contribution in [2.45, 2.75) is 0 Å². The van der Waals surface area contributed by atoms with Gasteiger partial charge in [0.15, 0.2) is 5.49 Å². The fourth-order valence-corrected chi connectivity index (χ4v) is 1.97. The number of aromatic nitrogens is 1. The quantitative estimate of drug-likeness (QED) is 0.600. The van der Waals surface area contributed by atoms with Gasteiger partial charge in [0.1, 0.15) is 5.71 Å². The third-order valence-corrected chi connectivity index (χ3v) is 2.97. The molecule has 0 saturated heterocycles. The van der Waals surface area contributed by atoms with Crippen LogP contribution < -0.4 is 5.49 Å². The van der Waals surface area contributed by atoms with Crippen molar-refractivity contribution in [2.75, 3.05) is 0 Å². The molecule has 20 heavy (non-hydrogen) atoms. The predicted molar refractivity (Wildman–Crippen MR) is 76.9 cm³/mol. The summed E-state index contributed by atoms with van der Waals surface area (Å²) in [5, 5.41) is 25.7. The molecule has 98 valence electrons. The summed E-state index contributed by atoms with van der Waals surface area (Å²) in [6.07, 6.45) is 5.04. The van der Waals surface area contributed by atoms with E-state index in [1.807, 2.05) is 30.3 Å². The highest BCUT2D eigenvalue weighted by molar-refractivity contribution is 6.53. The number of fused-ring (bicyclic) bond motifs is 1. The zero-order valence-electron chi connectivity index (χ0n) is 10.6. The van der Waals surface area contributed by atoms with Gasteiger partial charge in [-0.15, -0.1) is 10.2 Å². The second-order valence-corrected chi connectivity index (χ2v) is 4.29. The fourth-order valence-electron chi connectivity index (χ4n) is 1.97. The molecule has 1 heterocycles. The van der Waals surface area contributed by atoms with Gasteiger partial charge in [-0.3, -0.25) is 5.41 Å². The van der Waals surface area contributed by atoms with Crippen LogP contribution in [0.2, 0.25) is 0 Å². The Morgan fingerprint density at radius 3 is 2.60 bits per heavy atom. The standard InChI is InChI=1S/C15H12N4O/c16-13-9-8-11-5-1-2-6-12(11)15(13)18-17-14-7-3-4-10-19(14)20/h1-10,16,20H. The molecular formula is C15H12N4O. The molecule has 1 aromatic heterocycles. The molecule has 5 nitrogen and oxygen atoms in total. The molecule has 0 bridgehead atoms. The van der Waals surface area contributed by atoms with Crippen LogP contribution in [0.4, 0.5) is 0 Å². The minimum atomic E-state index is 0.299. The van der Waals surface area contributed by atoms with Crippen molar-refractivity contribution in [1.82, 2.24) is 4.73 Å².